The highest BCUT2D eigenvalue weighted by Crippen LogP contribution is 2.24. The van der Waals surface area contributed by atoms with E-state index >= 15 is 0 Å². The molecule has 0 spiro atoms. The number of benzene rings is 2. The zero-order chi connectivity index (χ0) is 13.8. The van der Waals surface area contributed by atoms with Crippen LogP contribution in [0.3, 0.4) is 0 Å². The fourth-order valence-electron chi connectivity index (χ4n) is 1.69. The monoisotopic (exact) mass is 257 g/mol. The van der Waals surface area contributed by atoms with Gasteiger partial charge in [-0.1, -0.05) is 6.07 Å². The Balaban J connectivity index is 2.18. The maximum Gasteiger partial charge on any atom is 0.255 e. The highest BCUT2D eigenvalue weighted by Gasteiger charge is 2.09. The Morgan fingerprint density at radius 1 is 1.16 bits per heavy atom. The highest BCUT2D eigenvalue weighted by atomic mass is 16.5. The van der Waals surface area contributed by atoms with Crippen LogP contribution in [0.15, 0.2) is 42.5 Å². The molecule has 0 atom stereocenters. The average molecular weight is 257 g/mol. The van der Waals surface area contributed by atoms with Crippen molar-refractivity contribution in [1.29, 1.82) is 0 Å². The van der Waals surface area contributed by atoms with E-state index in [9.17, 15) is 9.90 Å². The molecule has 4 nitrogen and oxygen atoms in total. The molecule has 0 saturated carbocycles. The normalized spacial score (nSPS) is 10.0. The lowest BCUT2D eigenvalue weighted by molar-refractivity contribution is 0.102. The standard InChI is InChI=1S/C15H15NO3/c1-10-3-8-14(17)13(9-10)16-15(18)11-4-6-12(19-2)7-5-11/h3-9,17H,1-2H3,(H,16,18). The number of hydrogen-bond donors (Lipinski definition) is 2. The van der Waals surface area contributed by atoms with E-state index in [-0.39, 0.29) is 11.7 Å². The number of aromatic hydroxyl groups is 1. The van der Waals surface area contributed by atoms with E-state index in [1.165, 1.54) is 0 Å². The molecule has 0 aliphatic rings. The molecule has 0 aliphatic carbocycles. The van der Waals surface area contributed by atoms with Crippen LogP contribution < -0.4 is 10.1 Å². The molecule has 19 heavy (non-hydrogen) atoms. The van der Waals surface area contributed by atoms with Gasteiger partial charge in [0.15, 0.2) is 0 Å². The average Bonchev–Trinajstić information content (AvgIpc) is 2.43. The van der Waals surface area contributed by atoms with Crippen molar-refractivity contribution in [3.63, 3.8) is 0 Å². The maximum atomic E-state index is 12.0. The summed E-state index contributed by atoms with van der Waals surface area (Å²) in [5.74, 6) is 0.464. The number of anilines is 1. The smallest absolute Gasteiger partial charge is 0.255 e. The number of nitrogens with one attached hydrogen (secondary N) is 1. The van der Waals surface area contributed by atoms with E-state index in [1.54, 1.807) is 49.6 Å². The number of phenols is 1. The molecule has 0 saturated heterocycles. The first-order valence-electron chi connectivity index (χ1n) is 5.85. The summed E-state index contributed by atoms with van der Waals surface area (Å²) in [7, 11) is 1.57. The van der Waals surface area contributed by atoms with Crippen LogP contribution in [0.5, 0.6) is 11.5 Å². The van der Waals surface area contributed by atoms with Gasteiger partial charge in [0.25, 0.3) is 5.91 Å². The first kappa shape index (κ1) is 13.0. The van der Waals surface area contributed by atoms with Gasteiger partial charge in [0.2, 0.25) is 0 Å². The molecule has 2 aromatic rings. The summed E-state index contributed by atoms with van der Waals surface area (Å²) in [6, 6.07) is 11.8. The second kappa shape index (κ2) is 5.44. The fraction of sp³-hybridized carbons (Fsp3) is 0.133. The molecule has 4 heteroatoms. The zero-order valence-electron chi connectivity index (χ0n) is 10.8. The van der Waals surface area contributed by atoms with Crippen LogP contribution in [0.4, 0.5) is 5.69 Å². The number of amides is 1. The van der Waals surface area contributed by atoms with E-state index in [1.807, 2.05) is 6.92 Å². The number of rotatable bonds is 3. The van der Waals surface area contributed by atoms with Gasteiger partial charge in [0.05, 0.1) is 12.8 Å². The first-order chi connectivity index (χ1) is 9.10. The van der Waals surface area contributed by atoms with E-state index in [0.29, 0.717) is 17.0 Å². The summed E-state index contributed by atoms with van der Waals surface area (Å²) in [4.78, 5) is 12.0. The Kier molecular flexibility index (Phi) is 3.71. The number of phenolic OH excluding ortho intramolecular Hbond substituents is 1. The minimum atomic E-state index is -0.274. The van der Waals surface area contributed by atoms with Crippen molar-refractivity contribution in [1.82, 2.24) is 0 Å². The van der Waals surface area contributed by atoms with E-state index in [0.717, 1.165) is 5.56 Å². The number of carbonyl (C=O) groups excluding carboxylic acids is 1. The number of methoxy groups -OCH3 is 1. The molecule has 0 fully saturated rings. The van der Waals surface area contributed by atoms with Gasteiger partial charge in [-0.2, -0.15) is 0 Å². The van der Waals surface area contributed by atoms with Crippen LogP contribution in [-0.4, -0.2) is 18.1 Å². The molecule has 98 valence electrons. The van der Waals surface area contributed by atoms with Crippen molar-refractivity contribution < 1.29 is 14.6 Å². The minimum Gasteiger partial charge on any atom is -0.506 e. The Labute approximate surface area is 111 Å². The fourth-order valence-corrected chi connectivity index (χ4v) is 1.69. The van der Waals surface area contributed by atoms with Gasteiger partial charge in [0, 0.05) is 5.56 Å². The van der Waals surface area contributed by atoms with Crippen molar-refractivity contribution in [3.05, 3.63) is 53.6 Å². The quantitative estimate of drug-likeness (QED) is 0.831. The molecule has 0 unspecified atom stereocenters. The lowest BCUT2D eigenvalue weighted by Gasteiger charge is -2.08. The molecule has 2 rings (SSSR count). The van der Waals surface area contributed by atoms with Crippen LogP contribution in [0.25, 0.3) is 0 Å². The molecule has 0 bridgehead atoms. The van der Waals surface area contributed by atoms with Crippen molar-refractivity contribution in [2.75, 3.05) is 12.4 Å². The molecular formula is C15H15NO3. The molecule has 0 aromatic heterocycles. The largest absolute Gasteiger partial charge is 0.506 e. The minimum absolute atomic E-state index is 0.0486. The van der Waals surface area contributed by atoms with Crippen LogP contribution >= 0.6 is 0 Å². The van der Waals surface area contributed by atoms with Gasteiger partial charge in [0.1, 0.15) is 11.5 Å². The summed E-state index contributed by atoms with van der Waals surface area (Å²) in [5.41, 5.74) is 1.87. The lowest BCUT2D eigenvalue weighted by Crippen LogP contribution is -2.11. The van der Waals surface area contributed by atoms with Crippen LogP contribution in [-0.2, 0) is 0 Å². The van der Waals surface area contributed by atoms with E-state index in [2.05, 4.69) is 5.32 Å². The van der Waals surface area contributed by atoms with Crippen molar-refractivity contribution >= 4 is 11.6 Å². The topological polar surface area (TPSA) is 58.6 Å². The summed E-state index contributed by atoms with van der Waals surface area (Å²) in [5, 5.41) is 12.4. The summed E-state index contributed by atoms with van der Waals surface area (Å²) in [6.45, 7) is 1.89. The SMILES string of the molecule is COc1ccc(C(=O)Nc2cc(C)ccc2O)cc1. The Morgan fingerprint density at radius 3 is 2.47 bits per heavy atom. The molecule has 0 aliphatic heterocycles. The third kappa shape index (κ3) is 3.04. The molecule has 0 heterocycles. The number of hydrogen-bond acceptors (Lipinski definition) is 3. The molecule has 2 N–H and O–H groups in total. The molecule has 2 aromatic carbocycles. The van der Waals surface area contributed by atoms with Crippen LogP contribution in [0.2, 0.25) is 0 Å². The Hall–Kier alpha value is -2.49. The van der Waals surface area contributed by atoms with E-state index in [4.69, 9.17) is 4.74 Å². The third-order valence-corrected chi connectivity index (χ3v) is 2.75. The second-order valence-corrected chi connectivity index (χ2v) is 4.20. The van der Waals surface area contributed by atoms with E-state index < -0.39 is 0 Å². The van der Waals surface area contributed by atoms with Gasteiger partial charge >= 0.3 is 0 Å². The van der Waals surface area contributed by atoms with Crippen molar-refractivity contribution in [3.8, 4) is 11.5 Å². The Morgan fingerprint density at radius 2 is 1.84 bits per heavy atom. The zero-order valence-corrected chi connectivity index (χ0v) is 10.8. The molecule has 1 amide bonds. The molecule has 0 radical (unpaired) electrons. The van der Waals surface area contributed by atoms with Crippen molar-refractivity contribution in [2.45, 2.75) is 6.92 Å². The maximum absolute atomic E-state index is 12.0. The van der Waals surface area contributed by atoms with Crippen molar-refractivity contribution in [2.24, 2.45) is 0 Å². The van der Waals surface area contributed by atoms with Crippen LogP contribution in [0.1, 0.15) is 15.9 Å². The summed E-state index contributed by atoms with van der Waals surface area (Å²) in [6.07, 6.45) is 0. The van der Waals surface area contributed by atoms with Crippen LogP contribution in [0, 0.1) is 6.92 Å². The highest BCUT2D eigenvalue weighted by molar-refractivity contribution is 6.05. The molecular weight excluding hydrogens is 242 g/mol. The lowest BCUT2D eigenvalue weighted by atomic mass is 10.1. The predicted molar refractivity (Wildman–Crippen MR) is 73.8 cm³/mol. The predicted octanol–water partition coefficient (Wildman–Crippen LogP) is 2.96. The second-order valence-electron chi connectivity index (χ2n) is 4.20. The number of carbonyl (C=O) groups is 1. The Bertz CT molecular complexity index is 591. The van der Waals surface area contributed by atoms with Gasteiger partial charge < -0.3 is 15.2 Å². The summed E-state index contributed by atoms with van der Waals surface area (Å²) < 4.78 is 5.03. The number of aryl methyl sites for hydroxylation is 1. The third-order valence-electron chi connectivity index (χ3n) is 2.75. The van der Waals surface area contributed by atoms with Gasteiger partial charge in [-0.15, -0.1) is 0 Å². The first-order valence-corrected chi connectivity index (χ1v) is 5.85. The number of ether oxygens (including phenoxy) is 1. The van der Waals surface area contributed by atoms with Gasteiger partial charge in [-0.25, -0.2) is 0 Å². The van der Waals surface area contributed by atoms with Gasteiger partial charge in [-0.3, -0.25) is 4.79 Å². The summed E-state index contributed by atoms with van der Waals surface area (Å²) >= 11 is 0. The van der Waals surface area contributed by atoms with Gasteiger partial charge in [-0.05, 0) is 48.9 Å².